The Morgan fingerprint density at radius 1 is 0.870 bits per heavy atom. The molecule has 0 aromatic heterocycles. The highest BCUT2D eigenvalue weighted by Crippen LogP contribution is 2.62. The fraction of sp³-hybridized carbons (Fsp3) is 0.368. The second kappa shape index (κ2) is 5.80. The van der Waals surface area contributed by atoms with Gasteiger partial charge in [0.2, 0.25) is 0 Å². The minimum atomic E-state index is -1.42. The van der Waals surface area contributed by atoms with Crippen molar-refractivity contribution in [2.45, 2.75) is 18.8 Å². The molecule has 0 radical (unpaired) electrons. The highest BCUT2D eigenvalue weighted by Gasteiger charge is 2.54. The second-order valence-corrected chi connectivity index (χ2v) is 7.57. The van der Waals surface area contributed by atoms with Crippen LogP contribution in [0.25, 0.3) is 11.1 Å². The molecule has 0 aliphatic heterocycles. The van der Waals surface area contributed by atoms with Crippen molar-refractivity contribution in [3.8, 4) is 11.1 Å². The fourth-order valence-electron chi connectivity index (χ4n) is 4.15. The Morgan fingerprint density at radius 3 is 1.96 bits per heavy atom. The average Bonchev–Trinajstić information content (AvgIpc) is 3.03. The van der Waals surface area contributed by atoms with Gasteiger partial charge in [0.05, 0.1) is 0 Å². The van der Waals surface area contributed by atoms with Crippen LogP contribution in [0.2, 0.25) is 0 Å². The monoisotopic (exact) mass is 428 g/mol. The topological polar surface area (TPSA) is 0 Å². The Kier molecular flexibility index (Phi) is 3.90. The van der Waals surface area contributed by atoms with Gasteiger partial charge in [-0.3, -0.25) is 0 Å². The Labute approximate surface area is 147 Å². The van der Waals surface area contributed by atoms with E-state index in [4.69, 9.17) is 0 Å². The van der Waals surface area contributed by atoms with Crippen LogP contribution in [0.5, 0.6) is 0 Å². The Hall–Kier alpha value is -1.04. The van der Waals surface area contributed by atoms with E-state index in [1.54, 1.807) is 0 Å². The van der Waals surface area contributed by atoms with Crippen molar-refractivity contribution in [2.24, 2.45) is 17.8 Å². The van der Waals surface area contributed by atoms with Gasteiger partial charge in [-0.15, -0.1) is 0 Å². The van der Waals surface area contributed by atoms with Crippen molar-refractivity contribution in [3.05, 3.63) is 59.4 Å². The second-order valence-electron chi connectivity index (χ2n) is 6.69. The van der Waals surface area contributed by atoms with Crippen molar-refractivity contribution in [2.75, 3.05) is 4.43 Å². The molecule has 0 spiro atoms. The highest BCUT2D eigenvalue weighted by atomic mass is 127. The summed E-state index contributed by atoms with van der Waals surface area (Å²) in [6, 6.07) is 9.93. The number of halogens is 4. The van der Waals surface area contributed by atoms with Gasteiger partial charge in [-0.1, -0.05) is 46.9 Å². The smallest absolute Gasteiger partial charge is 0.194 e. The maximum Gasteiger partial charge on any atom is 0.194 e. The largest absolute Gasteiger partial charge is 0.204 e. The van der Waals surface area contributed by atoms with Gasteiger partial charge in [-0.2, -0.15) is 0 Å². The molecule has 2 aromatic rings. The van der Waals surface area contributed by atoms with E-state index in [1.807, 2.05) is 24.3 Å². The number of alkyl halides is 1. The highest BCUT2D eigenvalue weighted by molar-refractivity contribution is 14.1. The number of hydrogen-bond donors (Lipinski definition) is 0. The van der Waals surface area contributed by atoms with Crippen LogP contribution in [0.1, 0.15) is 24.3 Å². The van der Waals surface area contributed by atoms with Crippen LogP contribution in [0, 0.1) is 35.2 Å². The van der Waals surface area contributed by atoms with Gasteiger partial charge in [0, 0.05) is 4.43 Å². The van der Waals surface area contributed by atoms with Gasteiger partial charge in [0.1, 0.15) is 0 Å². The standard InChI is InChI=1S/C19H16F3I/c20-17-7-13(8-18(21)19(17)22)11-3-1-10(2-4-11)12-5-14-15(6-12)16(14)9-23/h1-4,7-8,12,14-16H,5-6,9H2/t12?,14-,15+,16?. The fourth-order valence-corrected chi connectivity index (χ4v) is 5.45. The summed E-state index contributed by atoms with van der Waals surface area (Å²) >= 11 is 2.48. The molecule has 23 heavy (non-hydrogen) atoms. The zero-order chi connectivity index (χ0) is 16.1. The Balaban J connectivity index is 1.53. The summed E-state index contributed by atoms with van der Waals surface area (Å²) in [7, 11) is 0. The molecule has 4 atom stereocenters. The van der Waals surface area contributed by atoms with E-state index in [-0.39, 0.29) is 0 Å². The summed E-state index contributed by atoms with van der Waals surface area (Å²) in [5, 5.41) is 0. The summed E-state index contributed by atoms with van der Waals surface area (Å²) in [6.07, 6.45) is 2.52. The molecule has 2 aliphatic carbocycles. The number of hydrogen-bond acceptors (Lipinski definition) is 0. The molecule has 0 N–H and O–H groups in total. The summed E-state index contributed by atoms with van der Waals surface area (Å²) < 4.78 is 41.0. The lowest BCUT2D eigenvalue weighted by Crippen LogP contribution is -2.00. The maximum absolute atomic E-state index is 13.4. The van der Waals surface area contributed by atoms with Crippen molar-refractivity contribution >= 4 is 22.6 Å². The SMILES string of the molecule is Fc1cc(-c2ccc(C3C[C@@H]4C(CI)[C@@H]4C3)cc2)cc(F)c1F. The van der Waals surface area contributed by atoms with E-state index >= 15 is 0 Å². The molecule has 2 saturated carbocycles. The van der Waals surface area contributed by atoms with Crippen LogP contribution in [-0.4, -0.2) is 4.43 Å². The number of rotatable bonds is 3. The first-order chi connectivity index (χ1) is 11.1. The predicted molar refractivity (Wildman–Crippen MR) is 93.1 cm³/mol. The maximum atomic E-state index is 13.4. The summed E-state index contributed by atoms with van der Waals surface area (Å²) in [5.41, 5.74) is 2.38. The normalized spacial score (nSPS) is 28.7. The van der Waals surface area contributed by atoms with E-state index in [2.05, 4.69) is 22.6 Å². The van der Waals surface area contributed by atoms with Crippen LogP contribution in [-0.2, 0) is 0 Å². The van der Waals surface area contributed by atoms with Crippen molar-refractivity contribution in [1.82, 2.24) is 0 Å². The lowest BCUT2D eigenvalue weighted by Gasteiger charge is -2.14. The zero-order valence-corrected chi connectivity index (χ0v) is 14.6. The molecule has 0 bridgehead atoms. The lowest BCUT2D eigenvalue weighted by molar-refractivity contribution is 0.447. The molecule has 120 valence electrons. The molecule has 0 amide bonds. The molecule has 2 fully saturated rings. The Morgan fingerprint density at radius 2 is 1.43 bits per heavy atom. The van der Waals surface area contributed by atoms with E-state index < -0.39 is 17.5 Å². The van der Waals surface area contributed by atoms with E-state index in [0.717, 1.165) is 29.9 Å². The summed E-state index contributed by atoms with van der Waals surface area (Å²) in [5.74, 6) is -0.375. The van der Waals surface area contributed by atoms with Crippen molar-refractivity contribution < 1.29 is 13.2 Å². The quantitative estimate of drug-likeness (QED) is 0.322. The Bertz CT molecular complexity index is 706. The molecular weight excluding hydrogens is 412 g/mol. The molecule has 4 heteroatoms. The van der Waals surface area contributed by atoms with E-state index in [1.165, 1.54) is 22.8 Å². The molecule has 0 heterocycles. The zero-order valence-electron chi connectivity index (χ0n) is 12.4. The lowest BCUT2D eigenvalue weighted by atomic mass is 9.91. The third-order valence-corrected chi connectivity index (χ3v) is 6.52. The molecular formula is C19H16F3I. The number of benzene rings is 2. The van der Waals surface area contributed by atoms with Crippen molar-refractivity contribution in [1.29, 1.82) is 0 Å². The van der Waals surface area contributed by atoms with Crippen LogP contribution in [0.3, 0.4) is 0 Å². The van der Waals surface area contributed by atoms with Crippen LogP contribution in [0.4, 0.5) is 13.2 Å². The third kappa shape index (κ3) is 2.69. The number of fused-ring (bicyclic) bond motifs is 1. The molecule has 0 nitrogen and oxygen atoms in total. The minimum Gasteiger partial charge on any atom is -0.204 e. The minimum absolute atomic E-state index is 0.368. The third-order valence-electron chi connectivity index (χ3n) is 5.50. The first kappa shape index (κ1) is 15.5. The summed E-state index contributed by atoms with van der Waals surface area (Å²) in [6.45, 7) is 0. The van der Waals surface area contributed by atoms with E-state index in [9.17, 15) is 13.2 Å². The van der Waals surface area contributed by atoms with Crippen LogP contribution >= 0.6 is 22.6 Å². The first-order valence-electron chi connectivity index (χ1n) is 7.89. The first-order valence-corrected chi connectivity index (χ1v) is 9.42. The van der Waals surface area contributed by atoms with Gasteiger partial charge in [-0.05, 0) is 65.3 Å². The van der Waals surface area contributed by atoms with Crippen LogP contribution in [0.15, 0.2) is 36.4 Å². The van der Waals surface area contributed by atoms with Gasteiger partial charge < -0.3 is 0 Å². The van der Waals surface area contributed by atoms with Gasteiger partial charge in [0.15, 0.2) is 17.5 Å². The average molecular weight is 428 g/mol. The van der Waals surface area contributed by atoms with Gasteiger partial charge in [-0.25, -0.2) is 13.2 Å². The molecule has 2 aromatic carbocycles. The van der Waals surface area contributed by atoms with E-state index in [0.29, 0.717) is 17.0 Å². The summed E-state index contributed by atoms with van der Waals surface area (Å²) in [4.78, 5) is 0. The van der Waals surface area contributed by atoms with Gasteiger partial charge >= 0.3 is 0 Å². The predicted octanol–water partition coefficient (Wildman–Crippen LogP) is 5.95. The molecule has 4 rings (SSSR count). The molecule has 2 aliphatic rings. The molecule has 2 unspecified atom stereocenters. The van der Waals surface area contributed by atoms with Crippen molar-refractivity contribution in [3.63, 3.8) is 0 Å². The van der Waals surface area contributed by atoms with Gasteiger partial charge in [0.25, 0.3) is 0 Å². The van der Waals surface area contributed by atoms with Crippen LogP contribution < -0.4 is 0 Å². The molecule has 0 saturated heterocycles.